The zero-order chi connectivity index (χ0) is 18.4. The first-order valence-corrected chi connectivity index (χ1v) is 9.08. The van der Waals surface area contributed by atoms with Crippen molar-refractivity contribution in [2.24, 2.45) is 12.8 Å². The largest absolute Gasteiger partial charge is 0.466 e. The summed E-state index contributed by atoms with van der Waals surface area (Å²) in [5, 5.41) is 5.18. The molecule has 136 valence electrons. The molecule has 0 aliphatic heterocycles. The van der Waals surface area contributed by atoms with Crippen molar-refractivity contribution >= 4 is 44.7 Å². The van der Waals surface area contributed by atoms with Gasteiger partial charge in [0, 0.05) is 23.5 Å². The Morgan fingerprint density at radius 2 is 2.12 bits per heavy atom. The molecule has 0 bridgehead atoms. The molecule has 0 aliphatic rings. The zero-order valence-corrected chi connectivity index (χ0v) is 16.1. The molecule has 2 N–H and O–H groups in total. The number of nitrogens with two attached hydrogens (primary N) is 1. The second-order valence-electron chi connectivity index (χ2n) is 5.78. The average molecular weight is 411 g/mol. The van der Waals surface area contributed by atoms with E-state index in [0.29, 0.717) is 12.4 Å². The van der Waals surface area contributed by atoms with Gasteiger partial charge in [-0.3, -0.25) is 14.4 Å². The van der Waals surface area contributed by atoms with Gasteiger partial charge in [-0.15, -0.1) is 0 Å². The number of urea groups is 1. The second kappa shape index (κ2) is 8.84. The third-order valence-corrected chi connectivity index (χ3v) is 4.36. The highest BCUT2D eigenvalue weighted by Crippen LogP contribution is 2.28. The van der Waals surface area contributed by atoms with Crippen molar-refractivity contribution in [3.8, 4) is 0 Å². The third-order valence-electron chi connectivity index (χ3n) is 3.87. The van der Waals surface area contributed by atoms with Gasteiger partial charge in [-0.05, 0) is 24.6 Å². The van der Waals surface area contributed by atoms with Crippen molar-refractivity contribution in [3.05, 3.63) is 22.7 Å². The number of hydrogen-bond donors (Lipinski definition) is 1. The van der Waals surface area contributed by atoms with Crippen LogP contribution in [-0.2, 0) is 16.6 Å². The fraction of sp³-hybridized carbons (Fsp3) is 0.471. The van der Waals surface area contributed by atoms with Crippen LogP contribution in [0.1, 0.15) is 32.6 Å². The van der Waals surface area contributed by atoms with E-state index in [-0.39, 0.29) is 18.9 Å². The third kappa shape index (κ3) is 4.94. The smallest absolute Gasteiger partial charge is 0.320 e. The van der Waals surface area contributed by atoms with Gasteiger partial charge < -0.3 is 10.5 Å². The Labute approximate surface area is 155 Å². The SMILES string of the molecule is CCCCCOC(=O)CCN(C(N)=O)c1nn(C)c2cc(Br)ccc12. The van der Waals surface area contributed by atoms with Crippen LogP contribution in [0.2, 0.25) is 0 Å². The highest BCUT2D eigenvalue weighted by molar-refractivity contribution is 9.10. The molecular formula is C17H23BrN4O3. The molecule has 0 spiro atoms. The topological polar surface area (TPSA) is 90.4 Å². The van der Waals surface area contributed by atoms with Crippen LogP contribution in [-0.4, -0.2) is 34.9 Å². The number of fused-ring (bicyclic) bond motifs is 1. The van der Waals surface area contributed by atoms with E-state index in [1.54, 1.807) is 11.7 Å². The van der Waals surface area contributed by atoms with Gasteiger partial charge in [0.2, 0.25) is 0 Å². The minimum atomic E-state index is -0.651. The Kier molecular flexibility index (Phi) is 6.81. The minimum Gasteiger partial charge on any atom is -0.466 e. The lowest BCUT2D eigenvalue weighted by molar-refractivity contribution is -0.143. The van der Waals surface area contributed by atoms with Crippen LogP contribution in [0.15, 0.2) is 22.7 Å². The van der Waals surface area contributed by atoms with Crippen molar-refractivity contribution in [3.63, 3.8) is 0 Å². The quantitative estimate of drug-likeness (QED) is 0.533. The fourth-order valence-corrected chi connectivity index (χ4v) is 2.89. The summed E-state index contributed by atoms with van der Waals surface area (Å²) < 4.78 is 7.76. The van der Waals surface area contributed by atoms with E-state index >= 15 is 0 Å². The lowest BCUT2D eigenvalue weighted by atomic mass is 10.2. The van der Waals surface area contributed by atoms with Crippen LogP contribution in [0, 0.1) is 0 Å². The standard InChI is InChI=1S/C17H23BrN4O3/c1-3-4-5-10-25-15(23)8-9-22(17(19)24)16-13-7-6-12(18)11-14(13)21(2)20-16/h6-7,11H,3-5,8-10H2,1-2H3,(H2,19,24). The summed E-state index contributed by atoms with van der Waals surface area (Å²) in [4.78, 5) is 25.0. The Balaban J connectivity index is 2.09. The van der Waals surface area contributed by atoms with E-state index in [2.05, 4.69) is 28.0 Å². The summed E-state index contributed by atoms with van der Waals surface area (Å²) in [5.41, 5.74) is 6.36. The van der Waals surface area contributed by atoms with Crippen molar-refractivity contribution in [1.29, 1.82) is 0 Å². The van der Waals surface area contributed by atoms with Gasteiger partial charge in [-0.1, -0.05) is 35.7 Å². The van der Waals surface area contributed by atoms with E-state index in [1.165, 1.54) is 4.90 Å². The van der Waals surface area contributed by atoms with Gasteiger partial charge in [0.15, 0.2) is 5.82 Å². The Bertz CT molecular complexity index is 760. The van der Waals surface area contributed by atoms with Gasteiger partial charge in [-0.2, -0.15) is 5.10 Å². The molecule has 1 heterocycles. The number of halogens is 1. The zero-order valence-electron chi connectivity index (χ0n) is 14.5. The van der Waals surface area contributed by atoms with Crippen molar-refractivity contribution in [2.45, 2.75) is 32.6 Å². The number of ether oxygens (including phenoxy) is 1. The molecular weight excluding hydrogens is 388 g/mol. The van der Waals surface area contributed by atoms with E-state index in [1.807, 2.05) is 18.2 Å². The summed E-state index contributed by atoms with van der Waals surface area (Å²) in [6.45, 7) is 2.62. The number of aromatic nitrogens is 2. The predicted octanol–water partition coefficient (Wildman–Crippen LogP) is 3.34. The molecule has 2 amide bonds. The van der Waals surface area contributed by atoms with Crippen molar-refractivity contribution in [2.75, 3.05) is 18.1 Å². The number of benzene rings is 1. The molecule has 0 radical (unpaired) electrons. The molecule has 0 atom stereocenters. The maximum Gasteiger partial charge on any atom is 0.320 e. The summed E-state index contributed by atoms with van der Waals surface area (Å²) in [7, 11) is 1.79. The number of amides is 2. The number of nitrogens with zero attached hydrogens (tertiary/aromatic N) is 3. The number of anilines is 1. The van der Waals surface area contributed by atoms with Crippen LogP contribution in [0.3, 0.4) is 0 Å². The Morgan fingerprint density at radius 1 is 1.36 bits per heavy atom. The van der Waals surface area contributed by atoms with Crippen molar-refractivity contribution < 1.29 is 14.3 Å². The summed E-state index contributed by atoms with van der Waals surface area (Å²) >= 11 is 3.42. The van der Waals surface area contributed by atoms with Crippen LogP contribution in [0.25, 0.3) is 10.9 Å². The lowest BCUT2D eigenvalue weighted by Crippen LogP contribution is -2.38. The molecule has 0 unspecified atom stereocenters. The maximum absolute atomic E-state index is 11.9. The van der Waals surface area contributed by atoms with E-state index in [4.69, 9.17) is 10.5 Å². The van der Waals surface area contributed by atoms with Crippen LogP contribution in [0.5, 0.6) is 0 Å². The fourth-order valence-electron chi connectivity index (χ4n) is 2.54. The number of carbonyl (C=O) groups is 2. The molecule has 7 nitrogen and oxygen atoms in total. The molecule has 1 aromatic heterocycles. The summed E-state index contributed by atoms with van der Waals surface area (Å²) in [5.74, 6) is 0.0987. The monoisotopic (exact) mass is 410 g/mol. The normalized spacial score (nSPS) is 10.8. The first-order chi connectivity index (χ1) is 11.9. The number of rotatable bonds is 8. The van der Waals surface area contributed by atoms with Gasteiger partial charge >= 0.3 is 12.0 Å². The van der Waals surface area contributed by atoms with Crippen molar-refractivity contribution in [1.82, 2.24) is 9.78 Å². The number of aryl methyl sites for hydroxylation is 1. The van der Waals surface area contributed by atoms with Crippen LogP contribution < -0.4 is 10.6 Å². The number of unbranched alkanes of at least 4 members (excludes halogenated alkanes) is 2. The number of esters is 1. The highest BCUT2D eigenvalue weighted by Gasteiger charge is 2.21. The van der Waals surface area contributed by atoms with Crippen LogP contribution in [0.4, 0.5) is 10.6 Å². The minimum absolute atomic E-state index is 0.0731. The Hall–Kier alpha value is -2.09. The van der Waals surface area contributed by atoms with Gasteiger partial charge in [0.25, 0.3) is 0 Å². The summed E-state index contributed by atoms with van der Waals surface area (Å²) in [6.07, 6.45) is 3.01. The van der Waals surface area contributed by atoms with E-state index in [0.717, 1.165) is 34.6 Å². The van der Waals surface area contributed by atoms with Gasteiger partial charge in [0.05, 0.1) is 18.5 Å². The maximum atomic E-state index is 11.9. The second-order valence-corrected chi connectivity index (χ2v) is 6.69. The first-order valence-electron chi connectivity index (χ1n) is 8.29. The first kappa shape index (κ1) is 19.2. The summed E-state index contributed by atoms with van der Waals surface area (Å²) in [6, 6.07) is 4.99. The average Bonchev–Trinajstić information content (AvgIpc) is 2.88. The number of carbonyl (C=O) groups excluding carboxylic acids is 2. The van der Waals surface area contributed by atoms with E-state index < -0.39 is 6.03 Å². The van der Waals surface area contributed by atoms with Crippen LogP contribution >= 0.6 is 15.9 Å². The molecule has 0 aliphatic carbocycles. The predicted molar refractivity (Wildman–Crippen MR) is 100 cm³/mol. The molecule has 25 heavy (non-hydrogen) atoms. The molecule has 2 aromatic rings. The number of primary amides is 1. The van der Waals surface area contributed by atoms with Gasteiger partial charge in [-0.25, -0.2) is 4.79 Å². The van der Waals surface area contributed by atoms with Gasteiger partial charge in [0.1, 0.15) is 0 Å². The molecule has 0 fully saturated rings. The highest BCUT2D eigenvalue weighted by atomic mass is 79.9. The molecule has 8 heteroatoms. The Morgan fingerprint density at radius 3 is 2.80 bits per heavy atom. The molecule has 0 saturated carbocycles. The molecule has 0 saturated heterocycles. The lowest BCUT2D eigenvalue weighted by Gasteiger charge is -2.17. The number of hydrogen-bond acceptors (Lipinski definition) is 4. The molecule has 1 aromatic carbocycles. The molecule has 2 rings (SSSR count). The van der Waals surface area contributed by atoms with E-state index in [9.17, 15) is 9.59 Å².